The van der Waals surface area contributed by atoms with Crippen LogP contribution in [0.2, 0.25) is 0 Å². The molecule has 0 aliphatic carbocycles. The summed E-state index contributed by atoms with van der Waals surface area (Å²) in [5.74, 6) is -0.0384. The third-order valence-electron chi connectivity index (χ3n) is 5.40. The minimum absolute atomic E-state index is 0.0384. The van der Waals surface area contributed by atoms with Crippen molar-refractivity contribution in [3.05, 3.63) is 33.9 Å². The minimum Gasteiger partial charge on any atom is -0.338 e. The highest BCUT2D eigenvalue weighted by molar-refractivity contribution is 5.80. The summed E-state index contributed by atoms with van der Waals surface area (Å²) in [6.07, 6.45) is 3.17. The fourth-order valence-electron chi connectivity index (χ4n) is 3.75. The van der Waals surface area contributed by atoms with Gasteiger partial charge >= 0.3 is 0 Å². The van der Waals surface area contributed by atoms with Crippen LogP contribution in [0, 0.1) is 13.8 Å². The molecule has 140 valence electrons. The molecule has 0 radical (unpaired) electrons. The van der Waals surface area contributed by atoms with Crippen LogP contribution in [-0.2, 0) is 11.8 Å². The van der Waals surface area contributed by atoms with Crippen LogP contribution >= 0.6 is 0 Å². The van der Waals surface area contributed by atoms with Gasteiger partial charge in [0.1, 0.15) is 6.04 Å². The van der Waals surface area contributed by atoms with Crippen molar-refractivity contribution in [2.24, 2.45) is 7.05 Å². The van der Waals surface area contributed by atoms with Crippen molar-refractivity contribution in [1.82, 2.24) is 24.5 Å². The Labute approximate surface area is 153 Å². The van der Waals surface area contributed by atoms with E-state index in [-0.39, 0.29) is 17.5 Å². The SMILES string of the molecule is Cc1nn(C)c(C)c1-c1ccc(=O)n([C@H](C)C(=O)N2CCCC[C@H]2C)n1. The predicted molar refractivity (Wildman–Crippen MR) is 99.9 cm³/mol. The van der Waals surface area contributed by atoms with Gasteiger partial charge in [0.25, 0.3) is 5.56 Å². The third kappa shape index (κ3) is 3.18. The highest BCUT2D eigenvalue weighted by Gasteiger charge is 2.29. The van der Waals surface area contributed by atoms with E-state index in [1.807, 2.05) is 25.8 Å². The molecule has 1 saturated heterocycles. The lowest BCUT2D eigenvalue weighted by atomic mass is 10.0. The van der Waals surface area contributed by atoms with E-state index in [0.717, 1.165) is 42.8 Å². The lowest BCUT2D eigenvalue weighted by Gasteiger charge is -2.35. The molecule has 7 nitrogen and oxygen atoms in total. The topological polar surface area (TPSA) is 73.0 Å². The summed E-state index contributed by atoms with van der Waals surface area (Å²) in [6, 6.07) is 2.77. The number of aryl methyl sites for hydroxylation is 2. The number of likely N-dealkylation sites (tertiary alicyclic amines) is 1. The van der Waals surface area contributed by atoms with Crippen LogP contribution < -0.4 is 5.56 Å². The van der Waals surface area contributed by atoms with Gasteiger partial charge in [-0.3, -0.25) is 14.3 Å². The van der Waals surface area contributed by atoms with E-state index in [2.05, 4.69) is 17.1 Å². The summed E-state index contributed by atoms with van der Waals surface area (Å²) in [7, 11) is 1.88. The van der Waals surface area contributed by atoms with Crippen LogP contribution in [0.3, 0.4) is 0 Å². The van der Waals surface area contributed by atoms with Gasteiger partial charge in [-0.05, 0) is 53.0 Å². The summed E-state index contributed by atoms with van der Waals surface area (Å²) in [5, 5.41) is 8.94. The zero-order chi connectivity index (χ0) is 19.0. The van der Waals surface area contributed by atoms with Gasteiger partial charge < -0.3 is 4.90 Å². The first-order valence-corrected chi connectivity index (χ1v) is 9.22. The highest BCUT2D eigenvalue weighted by atomic mass is 16.2. The van der Waals surface area contributed by atoms with Crippen LogP contribution in [0.1, 0.15) is 50.5 Å². The van der Waals surface area contributed by atoms with Gasteiger partial charge in [0.2, 0.25) is 5.91 Å². The minimum atomic E-state index is -0.625. The van der Waals surface area contributed by atoms with E-state index >= 15 is 0 Å². The quantitative estimate of drug-likeness (QED) is 0.844. The van der Waals surface area contributed by atoms with Crippen molar-refractivity contribution >= 4 is 5.91 Å². The number of piperidine rings is 1. The molecule has 1 fully saturated rings. The van der Waals surface area contributed by atoms with Crippen molar-refractivity contribution in [2.75, 3.05) is 6.54 Å². The average Bonchev–Trinajstić information content (AvgIpc) is 2.87. The molecule has 1 aliphatic heterocycles. The van der Waals surface area contributed by atoms with E-state index < -0.39 is 6.04 Å². The molecule has 3 rings (SSSR count). The second kappa shape index (κ2) is 7.05. The van der Waals surface area contributed by atoms with Gasteiger partial charge in [0, 0.05) is 37.0 Å². The van der Waals surface area contributed by atoms with Gasteiger partial charge in [0.05, 0.1) is 11.4 Å². The van der Waals surface area contributed by atoms with E-state index in [4.69, 9.17) is 0 Å². The van der Waals surface area contributed by atoms with E-state index in [1.165, 1.54) is 10.7 Å². The normalized spacial score (nSPS) is 18.8. The Morgan fingerprint density at radius 2 is 1.96 bits per heavy atom. The average molecular weight is 357 g/mol. The lowest BCUT2D eigenvalue weighted by Crippen LogP contribution is -2.46. The van der Waals surface area contributed by atoms with Crippen molar-refractivity contribution in [2.45, 2.75) is 59.0 Å². The summed E-state index contributed by atoms with van der Waals surface area (Å²) in [5.41, 5.74) is 3.14. The summed E-state index contributed by atoms with van der Waals surface area (Å²) in [6.45, 7) is 8.46. The first kappa shape index (κ1) is 18.4. The molecule has 0 N–H and O–H groups in total. The van der Waals surface area contributed by atoms with Crippen molar-refractivity contribution in [3.8, 4) is 11.3 Å². The monoisotopic (exact) mass is 357 g/mol. The van der Waals surface area contributed by atoms with Gasteiger partial charge in [-0.1, -0.05) is 0 Å². The maximum atomic E-state index is 13.0. The molecule has 2 atom stereocenters. The number of hydrogen-bond acceptors (Lipinski definition) is 4. The van der Waals surface area contributed by atoms with Crippen LogP contribution in [-0.4, -0.2) is 43.0 Å². The second-order valence-electron chi connectivity index (χ2n) is 7.22. The number of carbonyl (C=O) groups excluding carboxylic acids is 1. The Hall–Kier alpha value is -2.44. The Morgan fingerprint density at radius 3 is 2.58 bits per heavy atom. The molecule has 2 aromatic heterocycles. The smallest absolute Gasteiger partial charge is 0.267 e. The second-order valence-corrected chi connectivity index (χ2v) is 7.22. The van der Waals surface area contributed by atoms with Gasteiger partial charge in [-0.25, -0.2) is 4.68 Å². The van der Waals surface area contributed by atoms with Crippen LogP contribution in [0.4, 0.5) is 0 Å². The number of hydrogen-bond donors (Lipinski definition) is 0. The Kier molecular flexibility index (Phi) is 4.98. The third-order valence-corrected chi connectivity index (χ3v) is 5.40. The first-order valence-electron chi connectivity index (χ1n) is 9.22. The molecule has 3 heterocycles. The molecule has 0 saturated carbocycles. The molecule has 0 aromatic carbocycles. The molecule has 1 amide bonds. The molecule has 2 aromatic rings. The molecule has 0 bridgehead atoms. The molecule has 0 unspecified atom stereocenters. The van der Waals surface area contributed by atoms with Crippen molar-refractivity contribution in [1.29, 1.82) is 0 Å². The first-order chi connectivity index (χ1) is 12.3. The van der Waals surface area contributed by atoms with E-state index in [9.17, 15) is 9.59 Å². The fraction of sp³-hybridized carbons (Fsp3) is 0.579. The maximum absolute atomic E-state index is 13.0. The summed E-state index contributed by atoms with van der Waals surface area (Å²) < 4.78 is 3.11. The standard InChI is InChI=1S/C19H27N5O2/c1-12-8-6-7-11-23(12)19(26)15(4)24-17(25)10-9-16(21-24)18-13(2)20-22(5)14(18)3/h9-10,12,15H,6-8,11H2,1-5H3/t12-,15-/m1/s1. The molecule has 7 heteroatoms. The van der Waals surface area contributed by atoms with Crippen LogP contribution in [0.5, 0.6) is 0 Å². The van der Waals surface area contributed by atoms with E-state index in [1.54, 1.807) is 17.7 Å². The number of amides is 1. The largest absolute Gasteiger partial charge is 0.338 e. The Morgan fingerprint density at radius 1 is 1.23 bits per heavy atom. The maximum Gasteiger partial charge on any atom is 0.267 e. The molecular weight excluding hydrogens is 330 g/mol. The zero-order valence-electron chi connectivity index (χ0n) is 16.2. The zero-order valence-corrected chi connectivity index (χ0v) is 16.2. The molecule has 26 heavy (non-hydrogen) atoms. The van der Waals surface area contributed by atoms with Crippen LogP contribution in [0.15, 0.2) is 16.9 Å². The van der Waals surface area contributed by atoms with Crippen molar-refractivity contribution in [3.63, 3.8) is 0 Å². The highest BCUT2D eigenvalue weighted by Crippen LogP contribution is 2.25. The Balaban J connectivity index is 1.97. The molecule has 1 aliphatic rings. The number of aromatic nitrogens is 4. The fourth-order valence-corrected chi connectivity index (χ4v) is 3.75. The van der Waals surface area contributed by atoms with Crippen LogP contribution in [0.25, 0.3) is 11.3 Å². The number of carbonyl (C=O) groups is 1. The van der Waals surface area contributed by atoms with Crippen molar-refractivity contribution < 1.29 is 4.79 Å². The van der Waals surface area contributed by atoms with Gasteiger partial charge in [-0.15, -0.1) is 0 Å². The summed E-state index contributed by atoms with van der Waals surface area (Å²) in [4.78, 5) is 27.2. The number of rotatable bonds is 3. The van der Waals surface area contributed by atoms with Gasteiger partial charge in [-0.2, -0.15) is 10.2 Å². The lowest BCUT2D eigenvalue weighted by molar-refractivity contribution is -0.138. The van der Waals surface area contributed by atoms with E-state index in [0.29, 0.717) is 5.69 Å². The summed E-state index contributed by atoms with van der Waals surface area (Å²) >= 11 is 0. The Bertz CT molecular complexity index is 883. The van der Waals surface area contributed by atoms with Gasteiger partial charge in [0.15, 0.2) is 0 Å². The number of nitrogens with zero attached hydrogens (tertiary/aromatic N) is 5. The predicted octanol–water partition coefficient (Wildman–Crippen LogP) is 2.22. The molecule has 0 spiro atoms. The molecular formula is C19H27N5O2.